The van der Waals surface area contributed by atoms with Crippen molar-refractivity contribution >= 4 is 44.7 Å². The Morgan fingerprint density at radius 3 is 2.50 bits per heavy atom. The smallest absolute Gasteiger partial charge is 0.323 e. The van der Waals surface area contributed by atoms with Gasteiger partial charge in [0.1, 0.15) is 15.7 Å². The van der Waals surface area contributed by atoms with E-state index in [1.54, 1.807) is 78.9 Å². The van der Waals surface area contributed by atoms with Crippen LogP contribution in [0.25, 0.3) is 0 Å². The number of carbonyl (C=O) groups is 2. The van der Waals surface area contributed by atoms with Crippen LogP contribution in [0.4, 0.5) is 16.2 Å². The zero-order valence-corrected chi connectivity index (χ0v) is 29.7. The van der Waals surface area contributed by atoms with Crippen molar-refractivity contribution in [1.82, 2.24) is 9.21 Å². The molecule has 3 aromatic rings. The molecule has 0 saturated carbocycles. The number of sulfonamides is 1. The molecule has 0 saturated heterocycles. The third-order valence-corrected chi connectivity index (χ3v) is 11.5. The predicted octanol–water partition coefficient (Wildman–Crippen LogP) is 5.52. The van der Waals surface area contributed by atoms with Gasteiger partial charge in [-0.25, -0.2) is 13.2 Å². The number of thiophene rings is 1. The lowest BCUT2D eigenvalue weighted by atomic mass is 10.0. The van der Waals surface area contributed by atoms with E-state index in [0.717, 1.165) is 24.2 Å². The van der Waals surface area contributed by atoms with Crippen LogP contribution in [-0.2, 0) is 14.8 Å². The molecule has 12 nitrogen and oxygen atoms in total. The average Bonchev–Trinajstić information content (AvgIpc) is 3.62. The minimum absolute atomic E-state index is 0.0877. The molecule has 0 spiro atoms. The van der Waals surface area contributed by atoms with Gasteiger partial charge in [-0.15, -0.1) is 11.3 Å². The van der Waals surface area contributed by atoms with E-state index in [1.165, 1.54) is 11.4 Å². The molecule has 1 aliphatic rings. The van der Waals surface area contributed by atoms with E-state index in [2.05, 4.69) is 10.6 Å². The van der Waals surface area contributed by atoms with Gasteiger partial charge in [-0.3, -0.25) is 4.79 Å². The Labute approximate surface area is 287 Å². The third-order valence-electron chi connectivity index (χ3n) is 8.25. The molecule has 0 unspecified atom stereocenters. The highest BCUT2D eigenvalue weighted by molar-refractivity contribution is 7.91. The van der Waals surface area contributed by atoms with Crippen LogP contribution in [0.2, 0.25) is 0 Å². The first-order valence-electron chi connectivity index (χ1n) is 16.0. The van der Waals surface area contributed by atoms with Crippen LogP contribution < -0.4 is 20.1 Å². The van der Waals surface area contributed by atoms with Gasteiger partial charge in [-0.2, -0.15) is 4.31 Å². The van der Waals surface area contributed by atoms with Crippen LogP contribution in [0.5, 0.6) is 11.5 Å². The van der Waals surface area contributed by atoms with Gasteiger partial charge in [0.2, 0.25) is 0 Å². The van der Waals surface area contributed by atoms with E-state index in [9.17, 15) is 23.1 Å². The summed E-state index contributed by atoms with van der Waals surface area (Å²) in [5, 5.41) is 17.5. The number of aliphatic hydroxyl groups excluding tert-OH is 1. The Balaban J connectivity index is 1.61. The third kappa shape index (κ3) is 9.69. The number of carbonyl (C=O) groups excluding carboxylic acids is 2. The number of urea groups is 1. The Morgan fingerprint density at radius 2 is 1.83 bits per heavy atom. The molecule has 1 aliphatic heterocycles. The fourth-order valence-corrected chi connectivity index (χ4v) is 7.73. The number of hydrogen-bond acceptors (Lipinski definition) is 9. The first kappa shape index (κ1) is 37.1. The number of likely N-dealkylation sites (N-methyl/N-ethyl adjacent to an activating group) is 1. The van der Waals surface area contributed by atoms with Crippen molar-refractivity contribution in [2.45, 2.75) is 62.5 Å². The average molecular weight is 703 g/mol. The van der Waals surface area contributed by atoms with E-state index in [4.69, 9.17) is 14.2 Å². The number of anilines is 2. The van der Waals surface area contributed by atoms with Crippen molar-refractivity contribution in [3.63, 3.8) is 0 Å². The number of ether oxygens (including phenoxy) is 3. The minimum Gasteiger partial charge on any atom is -0.497 e. The van der Waals surface area contributed by atoms with Crippen molar-refractivity contribution in [2.24, 2.45) is 5.92 Å². The van der Waals surface area contributed by atoms with E-state index in [0.29, 0.717) is 35.9 Å². The molecule has 1 aromatic heterocycles. The molecule has 262 valence electrons. The molecule has 4 atom stereocenters. The van der Waals surface area contributed by atoms with Crippen LogP contribution in [0.15, 0.2) is 64.2 Å². The summed E-state index contributed by atoms with van der Waals surface area (Å²) in [4.78, 5) is 28.8. The van der Waals surface area contributed by atoms with E-state index >= 15 is 0 Å². The largest absolute Gasteiger partial charge is 0.497 e. The second kappa shape index (κ2) is 17.1. The van der Waals surface area contributed by atoms with Crippen molar-refractivity contribution in [3.05, 3.63) is 65.5 Å². The molecular formula is C34H46N4O8S2. The minimum atomic E-state index is -3.72. The van der Waals surface area contributed by atoms with Gasteiger partial charge in [-0.05, 0) is 87.0 Å². The Morgan fingerprint density at radius 1 is 1.12 bits per heavy atom. The van der Waals surface area contributed by atoms with Crippen LogP contribution in [0, 0.1) is 5.92 Å². The molecule has 4 rings (SSSR count). The lowest BCUT2D eigenvalue weighted by Gasteiger charge is -2.35. The molecule has 0 aliphatic carbocycles. The number of methoxy groups -OCH3 is 1. The fourth-order valence-electron chi connectivity index (χ4n) is 5.35. The topological polar surface area (TPSA) is 147 Å². The van der Waals surface area contributed by atoms with Gasteiger partial charge < -0.3 is 34.9 Å². The standard InChI is InChI=1S/C34H46N4O8S2/c1-23-20-38(24(2)22-39)33(40)29-19-27(36-34(41)35-26-11-14-28(44-5)15-12-26)13-16-30(29)46-25(3)9-6-7-17-45-31(23)21-37(4)48(42,43)32-10-8-18-47-32/h8,10-16,18-19,23-25,31,39H,6-7,9,17,20-22H2,1-5H3,(H2,35,36,41)/t23-,24-,25+,31-/m0/s1. The second-order valence-electron chi connectivity index (χ2n) is 12.0. The highest BCUT2D eigenvalue weighted by atomic mass is 32.2. The molecule has 48 heavy (non-hydrogen) atoms. The number of benzene rings is 2. The van der Waals surface area contributed by atoms with Gasteiger partial charge in [0.25, 0.3) is 15.9 Å². The van der Waals surface area contributed by atoms with Crippen LogP contribution >= 0.6 is 11.3 Å². The lowest BCUT2D eigenvalue weighted by Crippen LogP contribution is -2.48. The quantitative estimate of drug-likeness (QED) is 0.264. The number of rotatable bonds is 9. The highest BCUT2D eigenvalue weighted by Gasteiger charge is 2.32. The summed E-state index contributed by atoms with van der Waals surface area (Å²) in [7, 11) is -0.628. The zero-order valence-electron chi connectivity index (χ0n) is 28.0. The maximum Gasteiger partial charge on any atom is 0.323 e. The Hall–Kier alpha value is -3.69. The van der Waals surface area contributed by atoms with E-state index < -0.39 is 34.1 Å². The maximum atomic E-state index is 14.3. The van der Waals surface area contributed by atoms with Gasteiger partial charge in [0.05, 0.1) is 37.5 Å². The van der Waals surface area contributed by atoms with Crippen LogP contribution in [-0.4, -0.2) is 93.4 Å². The van der Waals surface area contributed by atoms with Gasteiger partial charge >= 0.3 is 6.03 Å². The number of aliphatic hydroxyl groups is 1. The normalized spacial score (nSPS) is 20.3. The predicted molar refractivity (Wildman–Crippen MR) is 187 cm³/mol. The van der Waals surface area contributed by atoms with E-state index in [1.807, 2.05) is 13.8 Å². The molecule has 0 bridgehead atoms. The van der Waals surface area contributed by atoms with E-state index in [-0.39, 0.29) is 41.5 Å². The molecule has 14 heteroatoms. The Bertz CT molecular complexity index is 1600. The SMILES string of the molecule is COc1ccc(NC(=O)Nc2ccc3c(c2)C(=O)N([C@@H](C)CO)C[C@H](C)[C@H](CN(C)S(=O)(=O)c2cccs2)OCCCC[C@@H](C)O3)cc1. The summed E-state index contributed by atoms with van der Waals surface area (Å²) in [6, 6.07) is 14.0. The van der Waals surface area contributed by atoms with Gasteiger partial charge in [-0.1, -0.05) is 13.0 Å². The highest BCUT2D eigenvalue weighted by Crippen LogP contribution is 2.29. The lowest BCUT2D eigenvalue weighted by molar-refractivity contribution is -0.00832. The second-order valence-corrected chi connectivity index (χ2v) is 15.3. The number of nitrogens with one attached hydrogen (secondary N) is 2. The number of fused-ring (bicyclic) bond motifs is 1. The maximum absolute atomic E-state index is 14.3. The van der Waals surface area contributed by atoms with Gasteiger partial charge in [0, 0.05) is 44.0 Å². The molecule has 2 aromatic carbocycles. The summed E-state index contributed by atoms with van der Waals surface area (Å²) in [6.45, 7) is 5.96. The van der Waals surface area contributed by atoms with Crippen molar-refractivity contribution in [3.8, 4) is 11.5 Å². The summed E-state index contributed by atoms with van der Waals surface area (Å²) in [5.41, 5.74) is 1.16. The zero-order chi connectivity index (χ0) is 34.8. The van der Waals surface area contributed by atoms with Crippen molar-refractivity contribution in [2.75, 3.05) is 51.1 Å². The molecule has 2 heterocycles. The molecular weight excluding hydrogens is 657 g/mol. The first-order chi connectivity index (χ1) is 22.9. The summed E-state index contributed by atoms with van der Waals surface area (Å²) >= 11 is 1.15. The molecule has 3 amide bonds. The summed E-state index contributed by atoms with van der Waals surface area (Å²) in [6.07, 6.45) is 1.49. The number of amides is 3. The van der Waals surface area contributed by atoms with Gasteiger partial charge in [0.15, 0.2) is 0 Å². The number of nitrogens with zero attached hydrogens (tertiary/aromatic N) is 2. The number of hydrogen-bond donors (Lipinski definition) is 3. The van der Waals surface area contributed by atoms with Crippen LogP contribution in [0.3, 0.4) is 0 Å². The fraction of sp³-hybridized carbons (Fsp3) is 0.471. The molecule has 0 radical (unpaired) electrons. The molecule has 0 fully saturated rings. The first-order valence-corrected chi connectivity index (χ1v) is 18.3. The van der Waals surface area contributed by atoms with Crippen LogP contribution in [0.1, 0.15) is 50.4 Å². The summed E-state index contributed by atoms with van der Waals surface area (Å²) in [5.74, 6) is 0.305. The van der Waals surface area contributed by atoms with Crippen molar-refractivity contribution in [1.29, 1.82) is 0 Å². The van der Waals surface area contributed by atoms with Crippen molar-refractivity contribution < 1.29 is 37.3 Å². The monoisotopic (exact) mass is 702 g/mol. The molecule has 3 N–H and O–H groups in total. The summed E-state index contributed by atoms with van der Waals surface area (Å²) < 4.78 is 45.8. The Kier molecular flexibility index (Phi) is 13.2.